The van der Waals surface area contributed by atoms with Gasteiger partial charge in [0.1, 0.15) is 6.07 Å². The Labute approximate surface area is 123 Å². The summed E-state index contributed by atoms with van der Waals surface area (Å²) in [6.45, 7) is 1.77. The van der Waals surface area contributed by atoms with E-state index < -0.39 is 11.4 Å². The maximum absolute atomic E-state index is 11.6. The highest BCUT2D eigenvalue weighted by Gasteiger charge is 2.43. The largest absolute Gasteiger partial charge is 0.481 e. The second kappa shape index (κ2) is 5.72. The lowest BCUT2D eigenvalue weighted by atomic mass is 9.71. The number of carbonyl (C=O) groups is 1. The fourth-order valence-corrected chi connectivity index (χ4v) is 2.91. The molecule has 0 radical (unpaired) electrons. The fourth-order valence-electron chi connectivity index (χ4n) is 2.74. The summed E-state index contributed by atoms with van der Waals surface area (Å²) in [7, 11) is 0. The van der Waals surface area contributed by atoms with Crippen LogP contribution >= 0.6 is 11.6 Å². The molecule has 0 spiro atoms. The lowest BCUT2D eigenvalue weighted by molar-refractivity contribution is -0.150. The van der Waals surface area contributed by atoms with Crippen molar-refractivity contribution >= 4 is 23.3 Å². The van der Waals surface area contributed by atoms with Crippen LogP contribution in [0.2, 0.25) is 5.02 Å². The summed E-state index contributed by atoms with van der Waals surface area (Å²) in [5, 5.41) is 22.4. The molecule has 5 heteroatoms. The second-order valence-electron chi connectivity index (χ2n) is 5.47. The zero-order valence-electron chi connectivity index (χ0n) is 11.3. The third-order valence-corrected chi connectivity index (χ3v) is 4.36. The van der Waals surface area contributed by atoms with Crippen LogP contribution in [0.15, 0.2) is 18.2 Å². The maximum Gasteiger partial charge on any atom is 0.311 e. The van der Waals surface area contributed by atoms with E-state index in [4.69, 9.17) is 16.9 Å². The molecule has 0 aliphatic heterocycles. The van der Waals surface area contributed by atoms with Gasteiger partial charge in [0.15, 0.2) is 0 Å². The molecule has 0 bridgehead atoms. The summed E-state index contributed by atoms with van der Waals surface area (Å²) < 4.78 is 0. The van der Waals surface area contributed by atoms with Crippen molar-refractivity contribution in [2.24, 2.45) is 5.41 Å². The first kappa shape index (κ1) is 14.7. The lowest BCUT2D eigenvalue weighted by Crippen LogP contribution is -2.46. The highest BCUT2D eigenvalue weighted by Crippen LogP contribution is 2.38. The van der Waals surface area contributed by atoms with Crippen molar-refractivity contribution in [1.82, 2.24) is 0 Å². The third kappa shape index (κ3) is 2.73. The molecular formula is C15H17ClN2O2. The molecule has 1 saturated carbocycles. The Morgan fingerprint density at radius 2 is 2.30 bits per heavy atom. The molecule has 0 saturated heterocycles. The van der Waals surface area contributed by atoms with Crippen molar-refractivity contribution in [3.63, 3.8) is 0 Å². The molecule has 1 aliphatic carbocycles. The van der Waals surface area contributed by atoms with E-state index in [2.05, 4.69) is 11.4 Å². The van der Waals surface area contributed by atoms with Crippen LogP contribution in [0.3, 0.4) is 0 Å². The minimum Gasteiger partial charge on any atom is -0.481 e. The highest BCUT2D eigenvalue weighted by molar-refractivity contribution is 6.30. The standard InChI is InChI=1S/C15H17ClN2O2/c1-15(14(19)20)7-3-2-4-13(15)18-12-8-11(16)6-5-10(12)9-17/h5-6,8,13,18H,2-4,7H2,1H3,(H,19,20). The molecule has 20 heavy (non-hydrogen) atoms. The van der Waals surface area contributed by atoms with Crippen molar-refractivity contribution in [2.45, 2.75) is 38.6 Å². The molecule has 2 rings (SSSR count). The minimum atomic E-state index is -0.812. The summed E-state index contributed by atoms with van der Waals surface area (Å²) in [4.78, 5) is 11.6. The van der Waals surface area contributed by atoms with Crippen LogP contribution in [0.1, 0.15) is 38.2 Å². The van der Waals surface area contributed by atoms with Crippen molar-refractivity contribution < 1.29 is 9.90 Å². The van der Waals surface area contributed by atoms with Crippen LogP contribution in [0, 0.1) is 16.7 Å². The molecule has 1 aromatic carbocycles. The Morgan fingerprint density at radius 3 is 2.95 bits per heavy atom. The van der Waals surface area contributed by atoms with E-state index in [9.17, 15) is 9.90 Å². The van der Waals surface area contributed by atoms with Gasteiger partial charge in [0.2, 0.25) is 0 Å². The number of anilines is 1. The van der Waals surface area contributed by atoms with Crippen LogP contribution in [0.25, 0.3) is 0 Å². The Balaban J connectivity index is 2.30. The van der Waals surface area contributed by atoms with Gasteiger partial charge in [-0.1, -0.05) is 24.4 Å². The molecule has 1 aromatic rings. The molecule has 2 N–H and O–H groups in total. The molecule has 0 amide bonds. The maximum atomic E-state index is 11.6. The van der Waals surface area contributed by atoms with Gasteiger partial charge in [-0.15, -0.1) is 0 Å². The molecular weight excluding hydrogens is 276 g/mol. The number of rotatable bonds is 3. The molecule has 106 valence electrons. The predicted molar refractivity (Wildman–Crippen MR) is 77.8 cm³/mol. The van der Waals surface area contributed by atoms with E-state index >= 15 is 0 Å². The molecule has 2 unspecified atom stereocenters. The van der Waals surface area contributed by atoms with Crippen molar-refractivity contribution in [2.75, 3.05) is 5.32 Å². The van der Waals surface area contributed by atoms with Crippen molar-refractivity contribution in [1.29, 1.82) is 5.26 Å². The zero-order chi connectivity index (χ0) is 14.8. The molecule has 4 nitrogen and oxygen atoms in total. The van der Waals surface area contributed by atoms with E-state index in [0.29, 0.717) is 22.7 Å². The van der Waals surface area contributed by atoms with Crippen LogP contribution in [0.4, 0.5) is 5.69 Å². The van der Waals surface area contributed by atoms with E-state index in [1.54, 1.807) is 25.1 Å². The summed E-state index contributed by atoms with van der Waals surface area (Å²) in [6, 6.07) is 6.88. The topological polar surface area (TPSA) is 73.1 Å². The van der Waals surface area contributed by atoms with E-state index in [1.807, 2.05) is 0 Å². The van der Waals surface area contributed by atoms with Crippen molar-refractivity contribution in [3.8, 4) is 6.07 Å². The number of benzene rings is 1. The average Bonchev–Trinajstić information content (AvgIpc) is 2.41. The van der Waals surface area contributed by atoms with Gasteiger partial charge in [-0.2, -0.15) is 5.26 Å². The summed E-state index contributed by atoms with van der Waals surface area (Å²) >= 11 is 5.96. The zero-order valence-corrected chi connectivity index (χ0v) is 12.1. The molecule has 0 aromatic heterocycles. The lowest BCUT2D eigenvalue weighted by Gasteiger charge is -2.39. The normalized spacial score (nSPS) is 25.8. The van der Waals surface area contributed by atoms with Gasteiger partial charge < -0.3 is 10.4 Å². The van der Waals surface area contributed by atoms with Gasteiger partial charge in [0, 0.05) is 11.1 Å². The summed E-state index contributed by atoms with van der Waals surface area (Å²) in [5.41, 5.74) is 0.278. The number of nitrogens with zero attached hydrogens (tertiary/aromatic N) is 1. The predicted octanol–water partition coefficient (Wildman–Crippen LogP) is 3.66. The number of carboxylic acid groups (broad SMARTS) is 1. The Kier molecular flexibility index (Phi) is 4.20. The van der Waals surface area contributed by atoms with Gasteiger partial charge >= 0.3 is 5.97 Å². The fraction of sp³-hybridized carbons (Fsp3) is 0.467. The minimum absolute atomic E-state index is 0.195. The first-order valence-electron chi connectivity index (χ1n) is 6.67. The number of carboxylic acids is 1. The smallest absolute Gasteiger partial charge is 0.311 e. The molecule has 2 atom stereocenters. The third-order valence-electron chi connectivity index (χ3n) is 4.13. The highest BCUT2D eigenvalue weighted by atomic mass is 35.5. The van der Waals surface area contributed by atoms with Crippen LogP contribution < -0.4 is 5.32 Å². The van der Waals surface area contributed by atoms with E-state index in [-0.39, 0.29) is 6.04 Å². The number of aliphatic carboxylic acids is 1. The SMILES string of the molecule is CC1(C(=O)O)CCCCC1Nc1cc(Cl)ccc1C#N. The van der Waals surface area contributed by atoms with Gasteiger partial charge in [-0.25, -0.2) is 0 Å². The van der Waals surface area contributed by atoms with E-state index in [0.717, 1.165) is 19.3 Å². The summed E-state index contributed by atoms with van der Waals surface area (Å²) in [6.07, 6.45) is 3.33. The van der Waals surface area contributed by atoms with Crippen LogP contribution in [-0.2, 0) is 4.79 Å². The second-order valence-corrected chi connectivity index (χ2v) is 5.90. The quantitative estimate of drug-likeness (QED) is 0.892. The number of nitriles is 1. The molecule has 1 aliphatic rings. The van der Waals surface area contributed by atoms with E-state index in [1.165, 1.54) is 0 Å². The Morgan fingerprint density at radius 1 is 1.55 bits per heavy atom. The number of hydrogen-bond acceptors (Lipinski definition) is 3. The first-order valence-corrected chi connectivity index (χ1v) is 7.05. The van der Waals surface area contributed by atoms with Gasteiger partial charge in [-0.05, 0) is 38.0 Å². The molecule has 0 heterocycles. The van der Waals surface area contributed by atoms with Crippen LogP contribution in [-0.4, -0.2) is 17.1 Å². The first-order chi connectivity index (χ1) is 9.47. The van der Waals surface area contributed by atoms with Gasteiger partial charge in [0.05, 0.1) is 16.7 Å². The Hall–Kier alpha value is -1.73. The Bertz CT molecular complexity index is 567. The van der Waals surface area contributed by atoms with Crippen molar-refractivity contribution in [3.05, 3.63) is 28.8 Å². The van der Waals surface area contributed by atoms with Crippen LogP contribution in [0.5, 0.6) is 0 Å². The number of nitrogens with one attached hydrogen (secondary N) is 1. The molecule has 1 fully saturated rings. The summed E-state index contributed by atoms with van der Waals surface area (Å²) in [5.74, 6) is -0.796. The van der Waals surface area contributed by atoms with Gasteiger partial charge in [0.25, 0.3) is 0 Å². The monoisotopic (exact) mass is 292 g/mol. The number of halogens is 1. The average molecular weight is 293 g/mol. The number of hydrogen-bond donors (Lipinski definition) is 2. The van der Waals surface area contributed by atoms with Gasteiger partial charge in [-0.3, -0.25) is 4.79 Å².